The molecule has 80 valence electrons. The van der Waals surface area contributed by atoms with E-state index in [2.05, 4.69) is 13.8 Å². The van der Waals surface area contributed by atoms with Crippen molar-refractivity contribution in [2.75, 3.05) is 0 Å². The van der Waals surface area contributed by atoms with Gasteiger partial charge in [0.05, 0.1) is 0 Å². The zero-order chi connectivity index (χ0) is 10.2. The van der Waals surface area contributed by atoms with Crippen LogP contribution in [-0.2, 0) is 4.79 Å². The lowest BCUT2D eigenvalue weighted by Crippen LogP contribution is -2.25. The fourth-order valence-electron chi connectivity index (χ4n) is 3.13. The Bertz CT molecular complexity index is 207. The molecule has 1 heteroatoms. The molecule has 0 spiro atoms. The number of rotatable bonds is 3. The topological polar surface area (TPSA) is 17.1 Å². The number of carbonyl (C=O) groups is 1. The molecule has 0 heterocycles. The molecule has 0 aromatic heterocycles. The van der Waals surface area contributed by atoms with Gasteiger partial charge in [0.1, 0.15) is 6.29 Å². The first-order valence-corrected chi connectivity index (χ1v) is 6.14. The first-order valence-electron chi connectivity index (χ1n) is 6.14. The highest BCUT2D eigenvalue weighted by molar-refractivity contribution is 5.64. The van der Waals surface area contributed by atoms with Crippen molar-refractivity contribution in [2.45, 2.75) is 52.4 Å². The molecule has 0 aromatic rings. The third-order valence-corrected chi connectivity index (χ3v) is 4.59. The lowest BCUT2D eigenvalue weighted by Gasteiger charge is -2.33. The second kappa shape index (κ2) is 3.67. The van der Waals surface area contributed by atoms with Gasteiger partial charge in [-0.3, -0.25) is 0 Å². The zero-order valence-corrected chi connectivity index (χ0v) is 9.46. The molecule has 14 heavy (non-hydrogen) atoms. The zero-order valence-electron chi connectivity index (χ0n) is 9.46. The summed E-state index contributed by atoms with van der Waals surface area (Å²) in [5.41, 5.74) is 0.155. The molecule has 0 radical (unpaired) electrons. The van der Waals surface area contributed by atoms with Gasteiger partial charge in [-0.2, -0.15) is 0 Å². The molecule has 0 amide bonds. The molecule has 2 fully saturated rings. The van der Waals surface area contributed by atoms with Gasteiger partial charge in [-0.1, -0.05) is 13.8 Å². The van der Waals surface area contributed by atoms with Crippen molar-refractivity contribution in [1.82, 2.24) is 0 Å². The monoisotopic (exact) mass is 194 g/mol. The second-order valence-corrected chi connectivity index (χ2v) is 5.71. The van der Waals surface area contributed by atoms with Crippen molar-refractivity contribution in [3.05, 3.63) is 0 Å². The van der Waals surface area contributed by atoms with Crippen molar-refractivity contribution in [3.63, 3.8) is 0 Å². The van der Waals surface area contributed by atoms with Crippen LogP contribution in [0.15, 0.2) is 0 Å². The highest BCUT2D eigenvalue weighted by Gasteiger charge is 2.49. The molecular formula is C13H22O. The summed E-state index contributed by atoms with van der Waals surface area (Å²) in [7, 11) is 0. The van der Waals surface area contributed by atoms with Gasteiger partial charge in [0.25, 0.3) is 0 Å². The molecule has 0 bridgehead atoms. The van der Waals surface area contributed by atoms with E-state index in [9.17, 15) is 4.79 Å². The van der Waals surface area contributed by atoms with Crippen LogP contribution < -0.4 is 0 Å². The highest BCUT2D eigenvalue weighted by Crippen LogP contribution is 2.55. The maximum Gasteiger partial charge on any atom is 0.126 e. The number of aldehydes is 1. The molecule has 0 aliphatic heterocycles. The van der Waals surface area contributed by atoms with E-state index < -0.39 is 0 Å². The van der Waals surface area contributed by atoms with Crippen LogP contribution in [0.4, 0.5) is 0 Å². The van der Waals surface area contributed by atoms with E-state index in [4.69, 9.17) is 0 Å². The molecule has 2 aliphatic rings. The van der Waals surface area contributed by atoms with Gasteiger partial charge < -0.3 is 4.79 Å². The Hall–Kier alpha value is -0.330. The Morgan fingerprint density at radius 1 is 1.14 bits per heavy atom. The molecule has 0 atom stereocenters. The maximum absolute atomic E-state index is 11.0. The quantitative estimate of drug-likeness (QED) is 0.629. The van der Waals surface area contributed by atoms with Gasteiger partial charge in [-0.15, -0.1) is 0 Å². The molecule has 2 aliphatic carbocycles. The highest BCUT2D eigenvalue weighted by atomic mass is 16.1. The van der Waals surface area contributed by atoms with Crippen LogP contribution >= 0.6 is 0 Å². The summed E-state index contributed by atoms with van der Waals surface area (Å²) in [6.45, 7) is 4.66. The summed E-state index contributed by atoms with van der Waals surface area (Å²) in [4.78, 5) is 11.0. The van der Waals surface area contributed by atoms with Crippen LogP contribution in [0.1, 0.15) is 52.4 Å². The van der Waals surface area contributed by atoms with Crippen molar-refractivity contribution >= 4 is 6.29 Å². The van der Waals surface area contributed by atoms with E-state index in [1.807, 2.05) is 0 Å². The lowest BCUT2D eigenvalue weighted by molar-refractivity contribution is -0.114. The van der Waals surface area contributed by atoms with E-state index in [0.717, 1.165) is 17.8 Å². The predicted molar refractivity (Wildman–Crippen MR) is 58.0 cm³/mol. The maximum atomic E-state index is 11.0. The summed E-state index contributed by atoms with van der Waals surface area (Å²) in [6, 6.07) is 0. The van der Waals surface area contributed by atoms with E-state index in [1.165, 1.54) is 44.8 Å². The first kappa shape index (κ1) is 10.2. The minimum Gasteiger partial charge on any atom is -0.303 e. The van der Waals surface area contributed by atoms with Crippen LogP contribution in [0.25, 0.3) is 0 Å². The number of hydrogen-bond acceptors (Lipinski definition) is 1. The smallest absolute Gasteiger partial charge is 0.126 e. The summed E-state index contributed by atoms with van der Waals surface area (Å²) < 4.78 is 0. The normalized spacial score (nSPS) is 35.6. The Balaban J connectivity index is 1.87. The Morgan fingerprint density at radius 3 is 2.07 bits per heavy atom. The van der Waals surface area contributed by atoms with Gasteiger partial charge in [-0.25, -0.2) is 0 Å². The summed E-state index contributed by atoms with van der Waals surface area (Å²) >= 11 is 0. The average Bonchev–Trinajstić information content (AvgIpc) is 2.99. The number of hydrogen-bond donors (Lipinski definition) is 0. The van der Waals surface area contributed by atoms with Gasteiger partial charge in [-0.05, 0) is 56.3 Å². The second-order valence-electron chi connectivity index (χ2n) is 5.71. The molecule has 1 nitrogen and oxygen atoms in total. The van der Waals surface area contributed by atoms with Crippen molar-refractivity contribution < 1.29 is 4.79 Å². The fraction of sp³-hybridized carbons (Fsp3) is 0.923. The fourth-order valence-corrected chi connectivity index (χ4v) is 3.13. The van der Waals surface area contributed by atoms with Crippen LogP contribution in [-0.4, -0.2) is 6.29 Å². The van der Waals surface area contributed by atoms with Crippen LogP contribution in [0.3, 0.4) is 0 Å². The van der Waals surface area contributed by atoms with Crippen LogP contribution in [0.2, 0.25) is 0 Å². The molecular weight excluding hydrogens is 172 g/mol. The van der Waals surface area contributed by atoms with E-state index in [1.54, 1.807) is 0 Å². The standard InChI is InChI=1S/C13H22O/c1-10(2)11-3-5-12(6-4-11)13(9-14)7-8-13/h9-12H,3-8H2,1-2H3. The largest absolute Gasteiger partial charge is 0.303 e. The van der Waals surface area contributed by atoms with Crippen molar-refractivity contribution in [2.24, 2.45) is 23.2 Å². The molecule has 0 unspecified atom stereocenters. The van der Waals surface area contributed by atoms with E-state index in [-0.39, 0.29) is 5.41 Å². The lowest BCUT2D eigenvalue weighted by atomic mass is 9.71. The Labute approximate surface area is 87.3 Å². The van der Waals surface area contributed by atoms with Crippen molar-refractivity contribution in [3.8, 4) is 0 Å². The van der Waals surface area contributed by atoms with Crippen LogP contribution in [0.5, 0.6) is 0 Å². The van der Waals surface area contributed by atoms with Gasteiger partial charge in [0.15, 0.2) is 0 Å². The third-order valence-electron chi connectivity index (χ3n) is 4.59. The molecule has 0 aromatic carbocycles. The number of carbonyl (C=O) groups excluding carboxylic acids is 1. The van der Waals surface area contributed by atoms with Gasteiger partial charge in [0, 0.05) is 5.41 Å². The van der Waals surface area contributed by atoms with Gasteiger partial charge in [0.2, 0.25) is 0 Å². The molecule has 0 saturated heterocycles. The first-order chi connectivity index (χ1) is 6.68. The third kappa shape index (κ3) is 1.74. The Morgan fingerprint density at radius 2 is 1.71 bits per heavy atom. The summed E-state index contributed by atoms with van der Waals surface area (Å²) in [6.07, 6.45) is 8.94. The van der Waals surface area contributed by atoms with Gasteiger partial charge >= 0.3 is 0 Å². The molecule has 2 rings (SSSR count). The minimum atomic E-state index is 0.155. The van der Waals surface area contributed by atoms with Crippen LogP contribution in [0, 0.1) is 23.2 Å². The average molecular weight is 194 g/mol. The van der Waals surface area contributed by atoms with Crippen molar-refractivity contribution in [1.29, 1.82) is 0 Å². The SMILES string of the molecule is CC(C)C1CCC(C2(C=O)CC2)CC1. The predicted octanol–water partition coefficient (Wildman–Crippen LogP) is 3.43. The minimum absolute atomic E-state index is 0.155. The summed E-state index contributed by atoms with van der Waals surface area (Å²) in [5, 5.41) is 0. The Kier molecular flexibility index (Phi) is 2.68. The van der Waals surface area contributed by atoms with E-state index >= 15 is 0 Å². The summed E-state index contributed by atoms with van der Waals surface area (Å²) in [5.74, 6) is 2.49. The molecule has 0 N–H and O–H groups in total. The van der Waals surface area contributed by atoms with E-state index in [0.29, 0.717) is 0 Å². The molecule has 2 saturated carbocycles.